The summed E-state index contributed by atoms with van der Waals surface area (Å²) in [6.45, 7) is 0.255. The molecule has 0 saturated carbocycles. The number of carbonyl (C=O) groups excluding carboxylic acids is 1. The number of rotatable bonds is 4. The number of fused-ring (bicyclic) bond motifs is 1. The molecule has 0 aliphatic rings. The Morgan fingerprint density at radius 1 is 0.962 bits per heavy atom. The zero-order valence-electron chi connectivity index (χ0n) is 13.8. The van der Waals surface area contributed by atoms with Gasteiger partial charge in [0.15, 0.2) is 12.2 Å². The van der Waals surface area contributed by atoms with Crippen LogP contribution in [0.2, 0.25) is 0 Å². The molecule has 2 heterocycles. The van der Waals surface area contributed by atoms with Crippen molar-refractivity contribution in [3.05, 3.63) is 78.9 Å². The molecular formula is C20H16N4O2. The highest BCUT2D eigenvalue weighted by Crippen LogP contribution is 2.23. The van der Waals surface area contributed by atoms with Gasteiger partial charge in [-0.05, 0) is 12.1 Å². The summed E-state index contributed by atoms with van der Waals surface area (Å²) in [7, 11) is 0. The van der Waals surface area contributed by atoms with Gasteiger partial charge in [-0.25, -0.2) is 9.78 Å². The highest BCUT2D eigenvalue weighted by molar-refractivity contribution is 5.99. The Kier molecular flexibility index (Phi) is 4.30. The molecule has 0 saturated heterocycles. The van der Waals surface area contributed by atoms with Crippen LogP contribution in [0, 0.1) is 0 Å². The fraction of sp³-hybridized carbons (Fsp3) is 0.0500. The van der Waals surface area contributed by atoms with Gasteiger partial charge >= 0.3 is 6.03 Å². The Balaban J connectivity index is 1.46. The van der Waals surface area contributed by atoms with Crippen molar-refractivity contribution in [2.24, 2.45) is 0 Å². The third-order valence-electron chi connectivity index (χ3n) is 3.97. The number of urea groups is 1. The molecule has 4 aromatic rings. The van der Waals surface area contributed by atoms with Crippen molar-refractivity contribution in [1.82, 2.24) is 15.3 Å². The fourth-order valence-corrected chi connectivity index (χ4v) is 2.76. The van der Waals surface area contributed by atoms with Crippen molar-refractivity contribution in [2.75, 3.05) is 5.32 Å². The molecule has 2 aromatic carbocycles. The van der Waals surface area contributed by atoms with Crippen molar-refractivity contribution >= 4 is 22.6 Å². The minimum Gasteiger partial charge on any atom is -0.443 e. The van der Waals surface area contributed by atoms with Crippen LogP contribution in [-0.2, 0) is 6.54 Å². The molecule has 2 N–H and O–H groups in total. The van der Waals surface area contributed by atoms with Crippen LogP contribution in [0.5, 0.6) is 0 Å². The second-order valence-corrected chi connectivity index (χ2v) is 5.68. The van der Waals surface area contributed by atoms with Crippen LogP contribution in [0.4, 0.5) is 10.5 Å². The van der Waals surface area contributed by atoms with Gasteiger partial charge in [-0.2, -0.15) is 0 Å². The van der Waals surface area contributed by atoms with Crippen LogP contribution in [0.3, 0.4) is 0 Å². The summed E-state index contributed by atoms with van der Waals surface area (Å²) < 4.78 is 5.47. The number of nitrogens with zero attached hydrogens (tertiary/aromatic N) is 2. The lowest BCUT2D eigenvalue weighted by Crippen LogP contribution is -2.28. The van der Waals surface area contributed by atoms with E-state index in [2.05, 4.69) is 20.6 Å². The molecule has 128 valence electrons. The normalized spacial score (nSPS) is 10.6. The predicted octanol–water partition coefficient (Wildman–Crippen LogP) is 4.21. The minimum absolute atomic E-state index is 0.255. The maximum absolute atomic E-state index is 12.3. The van der Waals surface area contributed by atoms with E-state index in [1.165, 1.54) is 6.39 Å². The molecule has 0 spiro atoms. The van der Waals surface area contributed by atoms with Gasteiger partial charge in [0.25, 0.3) is 0 Å². The third kappa shape index (κ3) is 3.25. The maximum Gasteiger partial charge on any atom is 0.319 e. The molecule has 6 nitrogen and oxygen atoms in total. The average Bonchev–Trinajstić information content (AvgIpc) is 3.16. The van der Waals surface area contributed by atoms with Crippen molar-refractivity contribution in [1.29, 1.82) is 0 Å². The molecule has 2 aromatic heterocycles. The maximum atomic E-state index is 12.3. The molecule has 0 unspecified atom stereocenters. The lowest BCUT2D eigenvalue weighted by Gasteiger charge is -2.09. The van der Waals surface area contributed by atoms with E-state index in [4.69, 9.17) is 4.42 Å². The second kappa shape index (κ2) is 7.06. The van der Waals surface area contributed by atoms with E-state index in [-0.39, 0.29) is 12.6 Å². The summed E-state index contributed by atoms with van der Waals surface area (Å²) in [5.74, 6) is 0.651. The van der Waals surface area contributed by atoms with Crippen LogP contribution >= 0.6 is 0 Å². The first kappa shape index (κ1) is 15.8. The fourth-order valence-electron chi connectivity index (χ4n) is 2.76. The Bertz CT molecular complexity index is 1040. The molecule has 0 aliphatic carbocycles. The average molecular weight is 344 g/mol. The number of benzene rings is 2. The molecule has 0 radical (unpaired) electrons. The molecule has 26 heavy (non-hydrogen) atoms. The van der Waals surface area contributed by atoms with Crippen LogP contribution < -0.4 is 10.6 Å². The second-order valence-electron chi connectivity index (χ2n) is 5.68. The SMILES string of the molecule is O=C(NCc1ncoc1-c1ccccc1)Nc1cccc2cccnc12. The van der Waals surface area contributed by atoms with Gasteiger partial charge in [0.1, 0.15) is 5.69 Å². The zero-order chi connectivity index (χ0) is 17.8. The lowest BCUT2D eigenvalue weighted by atomic mass is 10.1. The van der Waals surface area contributed by atoms with E-state index < -0.39 is 0 Å². The molecule has 0 bridgehead atoms. The Hall–Kier alpha value is -3.67. The van der Waals surface area contributed by atoms with Crippen molar-refractivity contribution < 1.29 is 9.21 Å². The standard InChI is InChI=1S/C20H16N4O2/c25-20(24-16-10-4-8-14-9-5-11-21-18(14)16)22-12-17-19(26-13-23-17)15-6-2-1-3-7-15/h1-11,13H,12H2,(H2,22,24,25). The molecule has 6 heteroatoms. The van der Waals surface area contributed by atoms with E-state index in [1.54, 1.807) is 6.20 Å². The van der Waals surface area contributed by atoms with Crippen LogP contribution in [0.1, 0.15) is 5.69 Å². The van der Waals surface area contributed by atoms with Gasteiger partial charge in [0, 0.05) is 17.1 Å². The summed E-state index contributed by atoms with van der Waals surface area (Å²) >= 11 is 0. The topological polar surface area (TPSA) is 80.0 Å². The number of amides is 2. The molecule has 4 rings (SSSR count). The van der Waals surface area contributed by atoms with Crippen LogP contribution in [-0.4, -0.2) is 16.0 Å². The monoisotopic (exact) mass is 344 g/mol. The van der Waals surface area contributed by atoms with Crippen molar-refractivity contribution in [3.8, 4) is 11.3 Å². The highest BCUT2D eigenvalue weighted by Gasteiger charge is 2.12. The smallest absolute Gasteiger partial charge is 0.319 e. The number of hydrogen-bond donors (Lipinski definition) is 2. The number of para-hydroxylation sites is 1. The van der Waals surface area contributed by atoms with E-state index >= 15 is 0 Å². The van der Waals surface area contributed by atoms with Crippen LogP contribution in [0.15, 0.2) is 77.7 Å². The number of carbonyl (C=O) groups is 1. The zero-order valence-corrected chi connectivity index (χ0v) is 13.8. The molecule has 2 amide bonds. The van der Waals surface area contributed by atoms with Gasteiger partial charge < -0.3 is 15.1 Å². The first-order valence-corrected chi connectivity index (χ1v) is 8.17. The number of hydrogen-bond acceptors (Lipinski definition) is 4. The summed E-state index contributed by atoms with van der Waals surface area (Å²) in [6.07, 6.45) is 3.08. The molecule has 0 atom stereocenters. The predicted molar refractivity (Wildman–Crippen MR) is 99.5 cm³/mol. The first-order valence-electron chi connectivity index (χ1n) is 8.17. The lowest BCUT2D eigenvalue weighted by molar-refractivity contribution is 0.251. The number of nitrogens with one attached hydrogen (secondary N) is 2. The van der Waals surface area contributed by atoms with Gasteiger partial charge in [-0.3, -0.25) is 4.98 Å². The van der Waals surface area contributed by atoms with Gasteiger partial charge in [0.05, 0.1) is 17.7 Å². The first-order chi connectivity index (χ1) is 12.8. The number of pyridine rings is 1. The Morgan fingerprint density at radius 2 is 1.81 bits per heavy atom. The van der Waals surface area contributed by atoms with Crippen molar-refractivity contribution in [3.63, 3.8) is 0 Å². The quantitative estimate of drug-likeness (QED) is 0.581. The summed E-state index contributed by atoms with van der Waals surface area (Å²) in [6, 6.07) is 18.8. The van der Waals surface area contributed by atoms with E-state index in [0.29, 0.717) is 17.1 Å². The number of aromatic nitrogens is 2. The minimum atomic E-state index is -0.329. The Labute approximate surface area is 149 Å². The summed E-state index contributed by atoms with van der Waals surface area (Å²) in [4.78, 5) is 20.8. The van der Waals surface area contributed by atoms with Crippen molar-refractivity contribution in [2.45, 2.75) is 6.54 Å². The van der Waals surface area contributed by atoms with Gasteiger partial charge in [0.2, 0.25) is 0 Å². The third-order valence-corrected chi connectivity index (χ3v) is 3.97. The number of oxazole rings is 1. The van der Waals surface area contributed by atoms with Gasteiger partial charge in [-0.1, -0.05) is 48.5 Å². The highest BCUT2D eigenvalue weighted by atomic mass is 16.3. The summed E-state index contributed by atoms with van der Waals surface area (Å²) in [5.41, 5.74) is 2.99. The number of anilines is 1. The largest absolute Gasteiger partial charge is 0.443 e. The molecular weight excluding hydrogens is 328 g/mol. The van der Waals surface area contributed by atoms with E-state index in [0.717, 1.165) is 16.5 Å². The van der Waals surface area contributed by atoms with Gasteiger partial charge in [-0.15, -0.1) is 0 Å². The van der Waals surface area contributed by atoms with E-state index in [9.17, 15) is 4.79 Å². The van der Waals surface area contributed by atoms with E-state index in [1.807, 2.05) is 60.7 Å². The molecule has 0 aliphatic heterocycles. The van der Waals surface area contributed by atoms with Crippen LogP contribution in [0.25, 0.3) is 22.2 Å². The Morgan fingerprint density at radius 3 is 2.69 bits per heavy atom. The molecule has 0 fully saturated rings. The summed E-state index contributed by atoms with van der Waals surface area (Å²) in [5, 5.41) is 6.61.